The van der Waals surface area contributed by atoms with Gasteiger partial charge in [-0.3, -0.25) is 9.69 Å². The van der Waals surface area contributed by atoms with Crippen LogP contribution in [0.5, 0.6) is 0 Å². The molecule has 1 aromatic carbocycles. The Bertz CT molecular complexity index is 784. The molecule has 1 amide bonds. The average molecular weight is 456 g/mol. The van der Waals surface area contributed by atoms with Crippen LogP contribution in [0.2, 0.25) is 0 Å². The molecule has 3 rings (SSSR count). The minimum atomic E-state index is -0.105. The molecule has 1 saturated heterocycles. The van der Waals surface area contributed by atoms with Crippen molar-refractivity contribution in [2.45, 2.75) is 6.92 Å². The minimum absolute atomic E-state index is 0.105. The minimum Gasteiger partial charge on any atom is -0.462 e. The second-order valence-electron chi connectivity index (χ2n) is 4.90. The number of carbonyl (C=O) groups excluding carboxylic acids is 1. The van der Waals surface area contributed by atoms with Crippen LogP contribution in [0.3, 0.4) is 0 Å². The lowest BCUT2D eigenvalue weighted by Gasteiger charge is -2.16. The molecule has 7 heteroatoms. The van der Waals surface area contributed by atoms with Crippen molar-refractivity contribution in [3.8, 4) is 0 Å². The SMILES string of the molecule is Cc1ccc(C=C2SC(=S)N(CNc3ccc(I)cc3)C2=O)o1. The fraction of sp³-hybridized carbons (Fsp3) is 0.125. The Morgan fingerprint density at radius 1 is 1.30 bits per heavy atom. The van der Waals surface area contributed by atoms with Gasteiger partial charge < -0.3 is 9.73 Å². The largest absolute Gasteiger partial charge is 0.462 e. The molecule has 118 valence electrons. The summed E-state index contributed by atoms with van der Waals surface area (Å²) in [4.78, 5) is 14.6. The van der Waals surface area contributed by atoms with E-state index in [9.17, 15) is 4.79 Å². The van der Waals surface area contributed by atoms with E-state index in [1.54, 1.807) is 11.0 Å². The second kappa shape index (κ2) is 7.06. The molecular formula is C16H13IN2O2S2. The van der Waals surface area contributed by atoms with Crippen molar-refractivity contribution in [3.05, 3.63) is 56.4 Å². The highest BCUT2D eigenvalue weighted by Crippen LogP contribution is 2.32. The second-order valence-corrected chi connectivity index (χ2v) is 7.82. The van der Waals surface area contributed by atoms with Gasteiger partial charge in [-0.25, -0.2) is 0 Å². The van der Waals surface area contributed by atoms with Crippen molar-refractivity contribution in [3.63, 3.8) is 0 Å². The fourth-order valence-electron chi connectivity index (χ4n) is 2.03. The van der Waals surface area contributed by atoms with Crippen molar-refractivity contribution in [2.75, 3.05) is 12.0 Å². The lowest BCUT2D eigenvalue weighted by atomic mass is 10.3. The molecule has 1 aromatic heterocycles. The van der Waals surface area contributed by atoms with Crippen molar-refractivity contribution in [1.29, 1.82) is 0 Å². The number of amides is 1. The summed E-state index contributed by atoms with van der Waals surface area (Å²) in [5.41, 5.74) is 0.949. The van der Waals surface area contributed by atoms with E-state index in [1.165, 1.54) is 11.8 Å². The Morgan fingerprint density at radius 3 is 2.70 bits per heavy atom. The highest BCUT2D eigenvalue weighted by atomic mass is 127. The molecule has 0 saturated carbocycles. The molecule has 1 N–H and O–H groups in total. The maximum absolute atomic E-state index is 12.5. The molecule has 2 aromatic rings. The van der Waals surface area contributed by atoms with Crippen LogP contribution < -0.4 is 5.32 Å². The predicted molar refractivity (Wildman–Crippen MR) is 106 cm³/mol. The third-order valence-electron chi connectivity index (χ3n) is 3.19. The molecule has 0 aliphatic carbocycles. The van der Waals surface area contributed by atoms with Gasteiger partial charge in [0.25, 0.3) is 5.91 Å². The maximum Gasteiger partial charge on any atom is 0.267 e. The number of halogens is 1. The summed E-state index contributed by atoms with van der Waals surface area (Å²) in [5.74, 6) is 1.37. The number of hydrogen-bond acceptors (Lipinski definition) is 5. The molecule has 1 aliphatic rings. The number of anilines is 1. The number of furan rings is 1. The first-order valence-corrected chi connectivity index (χ1v) is 9.14. The molecule has 0 radical (unpaired) electrons. The number of thioether (sulfide) groups is 1. The van der Waals surface area contributed by atoms with Gasteiger partial charge in [0.05, 0.1) is 11.6 Å². The number of hydrogen-bond donors (Lipinski definition) is 1. The van der Waals surface area contributed by atoms with Crippen molar-refractivity contribution in [1.82, 2.24) is 4.90 Å². The van der Waals surface area contributed by atoms with Gasteiger partial charge in [0, 0.05) is 15.3 Å². The molecule has 23 heavy (non-hydrogen) atoms. The number of nitrogens with one attached hydrogen (secondary N) is 1. The summed E-state index contributed by atoms with van der Waals surface area (Å²) in [6, 6.07) is 11.7. The van der Waals surface area contributed by atoms with Crippen LogP contribution >= 0.6 is 46.6 Å². The van der Waals surface area contributed by atoms with Gasteiger partial charge in [-0.2, -0.15) is 0 Å². The first-order valence-electron chi connectivity index (χ1n) is 6.84. The quantitative estimate of drug-likeness (QED) is 0.418. The predicted octanol–water partition coefficient (Wildman–Crippen LogP) is 4.46. The highest BCUT2D eigenvalue weighted by Gasteiger charge is 2.32. The van der Waals surface area contributed by atoms with Gasteiger partial charge in [0.15, 0.2) is 0 Å². The monoisotopic (exact) mass is 456 g/mol. The zero-order valence-corrected chi connectivity index (χ0v) is 16.0. The third kappa shape index (κ3) is 3.96. The first-order chi connectivity index (χ1) is 11.0. The van der Waals surface area contributed by atoms with Crippen molar-refractivity contribution in [2.24, 2.45) is 0 Å². The smallest absolute Gasteiger partial charge is 0.267 e. The highest BCUT2D eigenvalue weighted by molar-refractivity contribution is 14.1. The van der Waals surface area contributed by atoms with Gasteiger partial charge in [-0.1, -0.05) is 24.0 Å². The zero-order chi connectivity index (χ0) is 16.4. The van der Waals surface area contributed by atoms with Gasteiger partial charge >= 0.3 is 0 Å². The van der Waals surface area contributed by atoms with E-state index in [0.717, 1.165) is 15.0 Å². The summed E-state index contributed by atoms with van der Waals surface area (Å²) in [5, 5.41) is 3.21. The molecule has 2 heterocycles. The van der Waals surface area contributed by atoms with E-state index < -0.39 is 0 Å². The number of thiocarbonyl (C=S) groups is 1. The van der Waals surface area contributed by atoms with Crippen LogP contribution in [0.4, 0.5) is 5.69 Å². The van der Waals surface area contributed by atoms with Crippen molar-refractivity contribution < 1.29 is 9.21 Å². The summed E-state index contributed by atoms with van der Waals surface area (Å²) >= 11 is 8.85. The van der Waals surface area contributed by atoms with E-state index in [0.29, 0.717) is 21.7 Å². The normalized spacial score (nSPS) is 16.4. The van der Waals surface area contributed by atoms with Gasteiger partial charge in [-0.15, -0.1) is 0 Å². The number of nitrogens with zero attached hydrogens (tertiary/aromatic N) is 1. The van der Waals surface area contributed by atoms with E-state index in [-0.39, 0.29) is 5.91 Å². The molecule has 0 unspecified atom stereocenters. The molecule has 4 nitrogen and oxygen atoms in total. The standard InChI is InChI=1S/C16H13IN2O2S2/c1-10-2-7-13(21-10)8-14-15(20)19(16(22)23-14)9-18-12-5-3-11(17)4-6-12/h2-8,18H,9H2,1H3. The Morgan fingerprint density at radius 2 is 2.04 bits per heavy atom. The third-order valence-corrected chi connectivity index (χ3v) is 5.29. The Hall–Kier alpha value is -1.32. The van der Waals surface area contributed by atoms with E-state index in [2.05, 4.69) is 27.9 Å². The summed E-state index contributed by atoms with van der Waals surface area (Å²) in [7, 11) is 0. The van der Waals surface area contributed by atoms with Crippen LogP contribution in [0.15, 0.2) is 45.7 Å². The number of aryl methyl sites for hydroxylation is 1. The lowest BCUT2D eigenvalue weighted by Crippen LogP contribution is -2.33. The van der Waals surface area contributed by atoms with Crippen LogP contribution in [0.25, 0.3) is 6.08 Å². The number of carbonyl (C=O) groups is 1. The summed E-state index contributed by atoms with van der Waals surface area (Å²) < 4.78 is 7.19. The fourth-order valence-corrected chi connectivity index (χ4v) is 3.63. The lowest BCUT2D eigenvalue weighted by molar-refractivity contribution is -0.121. The summed E-state index contributed by atoms with van der Waals surface area (Å²) in [6.45, 7) is 2.22. The molecular weight excluding hydrogens is 443 g/mol. The van der Waals surface area contributed by atoms with E-state index in [4.69, 9.17) is 16.6 Å². The first kappa shape index (κ1) is 16.5. The van der Waals surface area contributed by atoms with Crippen molar-refractivity contribution >= 4 is 68.6 Å². The van der Waals surface area contributed by atoms with E-state index in [1.807, 2.05) is 43.3 Å². The van der Waals surface area contributed by atoms with Crippen LogP contribution in [0, 0.1) is 10.5 Å². The maximum atomic E-state index is 12.5. The van der Waals surface area contributed by atoms with Gasteiger partial charge in [-0.05, 0) is 65.9 Å². The summed E-state index contributed by atoms with van der Waals surface area (Å²) in [6.07, 6.45) is 1.73. The molecule has 0 atom stereocenters. The molecule has 1 aliphatic heterocycles. The topological polar surface area (TPSA) is 45.5 Å². The van der Waals surface area contributed by atoms with Crippen LogP contribution in [-0.2, 0) is 4.79 Å². The molecule has 0 spiro atoms. The average Bonchev–Trinajstić information content (AvgIpc) is 3.04. The van der Waals surface area contributed by atoms with Crippen LogP contribution in [0.1, 0.15) is 11.5 Å². The number of benzene rings is 1. The Labute approximate surface area is 157 Å². The number of rotatable bonds is 4. The van der Waals surface area contributed by atoms with Crippen LogP contribution in [-0.4, -0.2) is 21.8 Å². The van der Waals surface area contributed by atoms with Gasteiger partial charge in [0.1, 0.15) is 15.8 Å². The molecule has 1 fully saturated rings. The molecule has 0 bridgehead atoms. The zero-order valence-electron chi connectivity index (χ0n) is 12.2. The van der Waals surface area contributed by atoms with E-state index >= 15 is 0 Å². The van der Waals surface area contributed by atoms with Gasteiger partial charge in [0.2, 0.25) is 0 Å². The Balaban J connectivity index is 1.69. The Kier molecular flexibility index (Phi) is 5.08.